The summed E-state index contributed by atoms with van der Waals surface area (Å²) in [4.78, 5) is 20.4. The molecule has 1 unspecified atom stereocenters. The van der Waals surface area contributed by atoms with Gasteiger partial charge in [-0.15, -0.1) is 6.42 Å². The fraction of sp³-hybridized carbons (Fsp3) is 0.429. The van der Waals surface area contributed by atoms with Gasteiger partial charge in [0.25, 0.3) is 5.91 Å². The highest BCUT2D eigenvalue weighted by atomic mass is 16.4. The molecule has 0 aliphatic carbocycles. The molecule has 5 nitrogen and oxygen atoms in total. The zero-order valence-corrected chi connectivity index (χ0v) is 6.28. The van der Waals surface area contributed by atoms with E-state index in [4.69, 9.17) is 16.6 Å². The number of aliphatic carboxylic acids is 1. The van der Waals surface area contributed by atoms with Crippen molar-refractivity contribution < 1.29 is 19.8 Å². The van der Waals surface area contributed by atoms with E-state index in [1.165, 1.54) is 0 Å². The van der Waals surface area contributed by atoms with Gasteiger partial charge in [-0.1, -0.05) is 0 Å². The van der Waals surface area contributed by atoms with Gasteiger partial charge >= 0.3 is 5.97 Å². The summed E-state index contributed by atoms with van der Waals surface area (Å²) >= 11 is 0. The van der Waals surface area contributed by atoms with Gasteiger partial charge in [-0.2, -0.15) is 0 Å². The standard InChI is InChI=1S/C7H9NO4/c1-2-6(10)8-4-3-5(9)7(11)12/h1,5,9H,3-4H2,(H,8,10)(H,11,12). The number of rotatable bonds is 4. The van der Waals surface area contributed by atoms with E-state index >= 15 is 0 Å². The van der Waals surface area contributed by atoms with E-state index in [1.54, 1.807) is 5.92 Å². The van der Waals surface area contributed by atoms with Gasteiger partial charge in [0, 0.05) is 13.0 Å². The van der Waals surface area contributed by atoms with Crippen molar-refractivity contribution in [3.8, 4) is 12.3 Å². The van der Waals surface area contributed by atoms with E-state index in [9.17, 15) is 9.59 Å². The summed E-state index contributed by atoms with van der Waals surface area (Å²) in [5, 5.41) is 19.1. The maximum absolute atomic E-state index is 10.4. The summed E-state index contributed by atoms with van der Waals surface area (Å²) in [7, 11) is 0. The first-order valence-corrected chi connectivity index (χ1v) is 3.23. The molecule has 0 aromatic rings. The minimum atomic E-state index is -1.46. The number of carboxylic acids is 1. The minimum Gasteiger partial charge on any atom is -0.479 e. The van der Waals surface area contributed by atoms with Gasteiger partial charge < -0.3 is 15.5 Å². The predicted octanol–water partition coefficient (Wildman–Crippen LogP) is -1.43. The van der Waals surface area contributed by atoms with Crippen LogP contribution in [-0.2, 0) is 9.59 Å². The Hall–Kier alpha value is -1.54. The van der Waals surface area contributed by atoms with Crippen LogP contribution in [0.5, 0.6) is 0 Å². The molecule has 0 bridgehead atoms. The number of hydrogen-bond donors (Lipinski definition) is 3. The molecule has 0 fully saturated rings. The number of nitrogens with one attached hydrogen (secondary N) is 1. The van der Waals surface area contributed by atoms with Crippen LogP contribution in [0, 0.1) is 12.3 Å². The number of aliphatic hydroxyl groups excluding tert-OH is 1. The van der Waals surface area contributed by atoms with Gasteiger partial charge in [0.1, 0.15) is 0 Å². The van der Waals surface area contributed by atoms with Crippen molar-refractivity contribution in [2.45, 2.75) is 12.5 Å². The Bertz CT molecular complexity index is 218. The van der Waals surface area contributed by atoms with Crippen LogP contribution in [0.4, 0.5) is 0 Å². The molecule has 12 heavy (non-hydrogen) atoms. The average molecular weight is 171 g/mol. The van der Waals surface area contributed by atoms with E-state index in [-0.39, 0.29) is 13.0 Å². The maximum Gasteiger partial charge on any atom is 0.332 e. The zero-order chi connectivity index (χ0) is 9.56. The monoisotopic (exact) mass is 171 g/mol. The van der Waals surface area contributed by atoms with E-state index in [2.05, 4.69) is 5.32 Å². The molecule has 0 rings (SSSR count). The maximum atomic E-state index is 10.4. The van der Waals surface area contributed by atoms with Crippen molar-refractivity contribution in [3.05, 3.63) is 0 Å². The van der Waals surface area contributed by atoms with Gasteiger partial charge in [-0.25, -0.2) is 4.79 Å². The summed E-state index contributed by atoms with van der Waals surface area (Å²) in [6.07, 6.45) is 3.20. The Morgan fingerprint density at radius 3 is 2.58 bits per heavy atom. The van der Waals surface area contributed by atoms with Gasteiger partial charge in [0.2, 0.25) is 0 Å². The first-order chi connectivity index (χ1) is 5.57. The van der Waals surface area contributed by atoms with Gasteiger partial charge in [0.15, 0.2) is 6.10 Å². The summed E-state index contributed by atoms with van der Waals surface area (Å²) < 4.78 is 0. The lowest BCUT2D eigenvalue weighted by Crippen LogP contribution is -2.29. The topological polar surface area (TPSA) is 86.6 Å². The van der Waals surface area contributed by atoms with Crippen LogP contribution < -0.4 is 5.32 Å². The number of aliphatic hydroxyl groups is 1. The zero-order valence-electron chi connectivity index (χ0n) is 6.28. The lowest BCUT2D eigenvalue weighted by Gasteiger charge is -2.04. The number of carboxylic acid groups (broad SMARTS) is 1. The number of terminal acetylenes is 1. The summed E-state index contributed by atoms with van der Waals surface area (Å²) in [6.45, 7) is 0.0521. The third-order valence-corrected chi connectivity index (χ3v) is 1.12. The van der Waals surface area contributed by atoms with Crippen molar-refractivity contribution in [1.82, 2.24) is 5.32 Å². The fourth-order valence-electron chi connectivity index (χ4n) is 0.497. The average Bonchev–Trinajstić information content (AvgIpc) is 2.03. The molecule has 0 aliphatic rings. The van der Waals surface area contributed by atoms with E-state index in [1.807, 2.05) is 0 Å². The molecule has 1 atom stereocenters. The highest BCUT2D eigenvalue weighted by Gasteiger charge is 2.11. The van der Waals surface area contributed by atoms with Gasteiger partial charge in [-0.3, -0.25) is 4.79 Å². The quantitative estimate of drug-likeness (QED) is 0.453. The third-order valence-electron chi connectivity index (χ3n) is 1.12. The molecule has 0 aliphatic heterocycles. The second kappa shape index (κ2) is 5.16. The first-order valence-electron chi connectivity index (χ1n) is 3.23. The second-order valence-electron chi connectivity index (χ2n) is 2.04. The largest absolute Gasteiger partial charge is 0.479 e. The number of hydrogen-bond acceptors (Lipinski definition) is 3. The number of carbonyl (C=O) groups excluding carboxylic acids is 1. The first kappa shape index (κ1) is 10.5. The molecule has 0 saturated heterocycles. The van der Waals surface area contributed by atoms with Crippen LogP contribution in [0.25, 0.3) is 0 Å². The van der Waals surface area contributed by atoms with E-state index < -0.39 is 18.0 Å². The fourth-order valence-corrected chi connectivity index (χ4v) is 0.497. The second-order valence-corrected chi connectivity index (χ2v) is 2.04. The molecule has 0 aromatic heterocycles. The Kier molecular flexibility index (Phi) is 4.49. The lowest BCUT2D eigenvalue weighted by atomic mass is 10.2. The molecule has 0 spiro atoms. The predicted molar refractivity (Wildman–Crippen MR) is 40.1 cm³/mol. The molecule has 1 amide bonds. The van der Waals surface area contributed by atoms with E-state index in [0.717, 1.165) is 0 Å². The highest BCUT2D eigenvalue weighted by molar-refractivity contribution is 5.92. The normalized spacial score (nSPS) is 11.3. The molecule has 0 saturated carbocycles. The molecule has 66 valence electrons. The highest BCUT2D eigenvalue weighted by Crippen LogP contribution is 1.88. The Morgan fingerprint density at radius 2 is 2.17 bits per heavy atom. The van der Waals surface area contributed by atoms with Crippen molar-refractivity contribution >= 4 is 11.9 Å². The van der Waals surface area contributed by atoms with Gasteiger partial charge in [0.05, 0.1) is 0 Å². The van der Waals surface area contributed by atoms with Crippen LogP contribution in [0.1, 0.15) is 6.42 Å². The van der Waals surface area contributed by atoms with Crippen LogP contribution in [0.15, 0.2) is 0 Å². The Morgan fingerprint density at radius 1 is 1.58 bits per heavy atom. The summed E-state index contributed by atoms with van der Waals surface area (Å²) in [5.41, 5.74) is 0. The Labute approximate surface area is 69.4 Å². The Balaban J connectivity index is 3.52. The molecule has 5 heteroatoms. The minimum absolute atomic E-state index is 0.0521. The van der Waals surface area contributed by atoms with Crippen molar-refractivity contribution in [2.75, 3.05) is 6.54 Å². The van der Waals surface area contributed by atoms with E-state index in [0.29, 0.717) is 0 Å². The molecule has 0 heterocycles. The van der Waals surface area contributed by atoms with Crippen molar-refractivity contribution in [3.63, 3.8) is 0 Å². The third kappa shape index (κ3) is 4.30. The molecule has 0 radical (unpaired) electrons. The van der Waals surface area contributed by atoms with Crippen LogP contribution in [-0.4, -0.2) is 34.7 Å². The summed E-state index contributed by atoms with van der Waals surface area (Å²) in [6, 6.07) is 0. The van der Waals surface area contributed by atoms with Crippen molar-refractivity contribution in [1.29, 1.82) is 0 Å². The lowest BCUT2D eigenvalue weighted by molar-refractivity contribution is -0.147. The smallest absolute Gasteiger partial charge is 0.332 e. The number of amides is 1. The molecule has 0 aromatic carbocycles. The number of carbonyl (C=O) groups is 2. The van der Waals surface area contributed by atoms with Crippen molar-refractivity contribution in [2.24, 2.45) is 0 Å². The van der Waals surface area contributed by atoms with Gasteiger partial charge in [-0.05, 0) is 5.92 Å². The SMILES string of the molecule is C#CC(=O)NCCC(O)C(=O)O. The summed E-state index contributed by atoms with van der Waals surface area (Å²) in [5.74, 6) is -0.144. The van der Waals surface area contributed by atoms with Crippen LogP contribution in [0.3, 0.4) is 0 Å². The van der Waals surface area contributed by atoms with Crippen LogP contribution >= 0.6 is 0 Å². The van der Waals surface area contributed by atoms with Crippen LogP contribution in [0.2, 0.25) is 0 Å². The molecular weight excluding hydrogens is 162 g/mol. The molecular formula is C7H9NO4. The molecule has 3 N–H and O–H groups in total.